The fourth-order valence-corrected chi connectivity index (χ4v) is 1.87. The molecule has 0 amide bonds. The summed E-state index contributed by atoms with van der Waals surface area (Å²) in [5.74, 6) is 0. The quantitative estimate of drug-likeness (QED) is 0.830. The minimum atomic E-state index is 0.699. The molecule has 3 N–H and O–H groups in total. The van der Waals surface area contributed by atoms with Gasteiger partial charge in [-0.2, -0.15) is 0 Å². The lowest BCUT2D eigenvalue weighted by Gasteiger charge is -2.09. The Balaban J connectivity index is 2.72. The summed E-state index contributed by atoms with van der Waals surface area (Å²) < 4.78 is 1.04. The highest BCUT2D eigenvalue weighted by atomic mass is 79.9. The molecule has 0 aliphatic heterocycles. The van der Waals surface area contributed by atoms with Gasteiger partial charge in [0.25, 0.3) is 0 Å². The first kappa shape index (κ1) is 11.8. The van der Waals surface area contributed by atoms with Crippen molar-refractivity contribution in [3.8, 4) is 0 Å². The third-order valence-corrected chi connectivity index (χ3v) is 3.01. The Morgan fingerprint density at radius 1 is 1.50 bits per heavy atom. The minimum absolute atomic E-state index is 0.699. The van der Waals surface area contributed by atoms with Gasteiger partial charge in [-0.15, -0.1) is 0 Å². The van der Waals surface area contributed by atoms with Crippen molar-refractivity contribution in [2.75, 3.05) is 18.4 Å². The van der Waals surface area contributed by atoms with Gasteiger partial charge >= 0.3 is 0 Å². The van der Waals surface area contributed by atoms with Gasteiger partial charge in [0.2, 0.25) is 0 Å². The number of hydrogen-bond acceptors (Lipinski definition) is 2. The molecule has 1 rings (SSSR count). The van der Waals surface area contributed by atoms with Crippen LogP contribution in [0.15, 0.2) is 16.6 Å². The van der Waals surface area contributed by atoms with Crippen LogP contribution in [0.2, 0.25) is 5.02 Å². The first-order chi connectivity index (χ1) is 6.65. The number of nitrogens with two attached hydrogens (primary N) is 1. The zero-order chi connectivity index (χ0) is 10.6. The van der Waals surface area contributed by atoms with Crippen LogP contribution >= 0.6 is 27.5 Å². The molecule has 1 aromatic carbocycles. The molecule has 14 heavy (non-hydrogen) atoms. The zero-order valence-corrected chi connectivity index (χ0v) is 10.5. The second-order valence-corrected chi connectivity index (χ2v) is 4.41. The van der Waals surface area contributed by atoms with Crippen molar-refractivity contribution in [2.45, 2.75) is 13.3 Å². The molecule has 0 unspecified atom stereocenters. The Kier molecular flexibility index (Phi) is 4.72. The van der Waals surface area contributed by atoms with Gasteiger partial charge in [-0.3, -0.25) is 0 Å². The van der Waals surface area contributed by atoms with Crippen LogP contribution in [-0.4, -0.2) is 13.1 Å². The normalized spacial score (nSPS) is 10.3. The molecule has 0 radical (unpaired) electrons. The van der Waals surface area contributed by atoms with E-state index in [-0.39, 0.29) is 0 Å². The SMILES string of the molecule is Cc1cc(Br)c(NCCCN)cc1Cl. The maximum atomic E-state index is 6.01. The fraction of sp³-hybridized carbons (Fsp3) is 0.400. The van der Waals surface area contributed by atoms with E-state index in [2.05, 4.69) is 21.2 Å². The maximum absolute atomic E-state index is 6.01. The van der Waals surface area contributed by atoms with Crippen molar-refractivity contribution in [1.82, 2.24) is 0 Å². The van der Waals surface area contributed by atoms with Gasteiger partial charge in [-0.25, -0.2) is 0 Å². The minimum Gasteiger partial charge on any atom is -0.384 e. The molecule has 0 bridgehead atoms. The van der Waals surface area contributed by atoms with Crippen LogP contribution < -0.4 is 11.1 Å². The Hall–Kier alpha value is -0.250. The van der Waals surface area contributed by atoms with E-state index in [0.717, 1.165) is 33.7 Å². The highest BCUT2D eigenvalue weighted by Crippen LogP contribution is 2.28. The Bertz CT molecular complexity index is 315. The summed E-state index contributed by atoms with van der Waals surface area (Å²) in [5, 5.41) is 4.05. The van der Waals surface area contributed by atoms with Crippen LogP contribution in [-0.2, 0) is 0 Å². The lowest BCUT2D eigenvalue weighted by molar-refractivity contribution is 0.874. The summed E-state index contributed by atoms with van der Waals surface area (Å²) in [5.41, 5.74) is 7.50. The van der Waals surface area contributed by atoms with Crippen molar-refractivity contribution < 1.29 is 0 Å². The fourth-order valence-electron chi connectivity index (χ4n) is 1.11. The van der Waals surface area contributed by atoms with Crippen molar-refractivity contribution in [3.63, 3.8) is 0 Å². The van der Waals surface area contributed by atoms with Gasteiger partial charge in [0, 0.05) is 21.7 Å². The van der Waals surface area contributed by atoms with Crippen LogP contribution in [0.5, 0.6) is 0 Å². The monoisotopic (exact) mass is 276 g/mol. The molecule has 0 aromatic heterocycles. The smallest absolute Gasteiger partial charge is 0.0499 e. The maximum Gasteiger partial charge on any atom is 0.0499 e. The van der Waals surface area contributed by atoms with Gasteiger partial charge in [0.1, 0.15) is 0 Å². The molecule has 0 saturated heterocycles. The molecular formula is C10H14BrClN2. The number of benzene rings is 1. The molecule has 1 aromatic rings. The van der Waals surface area contributed by atoms with Crippen LogP contribution in [0.3, 0.4) is 0 Å². The largest absolute Gasteiger partial charge is 0.384 e. The van der Waals surface area contributed by atoms with E-state index in [0.29, 0.717) is 6.54 Å². The second kappa shape index (κ2) is 5.59. The molecule has 0 spiro atoms. The van der Waals surface area contributed by atoms with Gasteiger partial charge in [0.05, 0.1) is 0 Å². The Morgan fingerprint density at radius 2 is 2.21 bits per heavy atom. The van der Waals surface area contributed by atoms with Gasteiger partial charge < -0.3 is 11.1 Å². The molecule has 0 heterocycles. The summed E-state index contributed by atoms with van der Waals surface area (Å²) in [4.78, 5) is 0. The van der Waals surface area contributed by atoms with E-state index in [1.165, 1.54) is 0 Å². The van der Waals surface area contributed by atoms with Crippen molar-refractivity contribution >= 4 is 33.2 Å². The van der Waals surface area contributed by atoms with Crippen molar-refractivity contribution in [2.24, 2.45) is 5.73 Å². The highest BCUT2D eigenvalue weighted by Gasteiger charge is 2.02. The van der Waals surface area contributed by atoms with E-state index in [9.17, 15) is 0 Å². The van der Waals surface area contributed by atoms with Crippen molar-refractivity contribution in [1.29, 1.82) is 0 Å². The third kappa shape index (κ3) is 3.15. The van der Waals surface area contributed by atoms with Crippen LogP contribution in [0.25, 0.3) is 0 Å². The van der Waals surface area contributed by atoms with Crippen LogP contribution in [0, 0.1) is 6.92 Å². The first-order valence-electron chi connectivity index (χ1n) is 4.54. The van der Waals surface area contributed by atoms with E-state index >= 15 is 0 Å². The topological polar surface area (TPSA) is 38.0 Å². The predicted molar refractivity (Wildman–Crippen MR) is 66.1 cm³/mol. The number of nitrogens with one attached hydrogen (secondary N) is 1. The second-order valence-electron chi connectivity index (χ2n) is 3.15. The summed E-state index contributed by atoms with van der Waals surface area (Å²) in [6.45, 7) is 3.55. The van der Waals surface area contributed by atoms with E-state index in [4.69, 9.17) is 17.3 Å². The average Bonchev–Trinajstić information content (AvgIpc) is 2.14. The van der Waals surface area contributed by atoms with Crippen molar-refractivity contribution in [3.05, 3.63) is 27.2 Å². The number of rotatable bonds is 4. The number of halogens is 2. The van der Waals surface area contributed by atoms with Gasteiger partial charge in [-0.05, 0) is 53.5 Å². The van der Waals surface area contributed by atoms with E-state index in [1.807, 2.05) is 19.1 Å². The first-order valence-corrected chi connectivity index (χ1v) is 5.72. The molecule has 4 heteroatoms. The molecule has 0 atom stereocenters. The van der Waals surface area contributed by atoms with E-state index in [1.54, 1.807) is 0 Å². The molecule has 0 aliphatic carbocycles. The van der Waals surface area contributed by atoms with E-state index < -0.39 is 0 Å². The van der Waals surface area contributed by atoms with Gasteiger partial charge in [-0.1, -0.05) is 11.6 Å². The number of anilines is 1. The molecule has 0 aliphatic rings. The Morgan fingerprint density at radius 3 is 2.86 bits per heavy atom. The summed E-state index contributed by atoms with van der Waals surface area (Å²) >= 11 is 9.49. The molecule has 78 valence electrons. The standard InChI is InChI=1S/C10H14BrClN2/c1-7-5-8(11)10(6-9(7)12)14-4-2-3-13/h5-6,14H,2-4,13H2,1H3. The predicted octanol–water partition coefficient (Wildman–Crippen LogP) is 3.17. The molecular weight excluding hydrogens is 263 g/mol. The highest BCUT2D eigenvalue weighted by molar-refractivity contribution is 9.10. The molecule has 0 fully saturated rings. The Labute approximate surface area is 98.0 Å². The third-order valence-electron chi connectivity index (χ3n) is 1.94. The summed E-state index contributed by atoms with van der Waals surface area (Å²) in [6, 6.07) is 3.94. The van der Waals surface area contributed by atoms with Gasteiger partial charge in [0.15, 0.2) is 0 Å². The average molecular weight is 278 g/mol. The summed E-state index contributed by atoms with van der Waals surface area (Å²) in [7, 11) is 0. The zero-order valence-electron chi connectivity index (χ0n) is 8.11. The molecule has 0 saturated carbocycles. The lowest BCUT2D eigenvalue weighted by atomic mass is 10.2. The number of aryl methyl sites for hydroxylation is 1. The van der Waals surface area contributed by atoms with Crippen LogP contribution in [0.4, 0.5) is 5.69 Å². The van der Waals surface area contributed by atoms with Crippen LogP contribution in [0.1, 0.15) is 12.0 Å². The lowest BCUT2D eigenvalue weighted by Crippen LogP contribution is -2.08. The molecule has 2 nitrogen and oxygen atoms in total. The number of hydrogen-bond donors (Lipinski definition) is 2. The summed E-state index contributed by atoms with van der Waals surface area (Å²) in [6.07, 6.45) is 0.956.